The number of anilines is 1. The zero-order valence-corrected chi connectivity index (χ0v) is 12.5. The summed E-state index contributed by atoms with van der Waals surface area (Å²) in [6.45, 7) is 7.69. The number of hydrogen-bond donors (Lipinski definition) is 2. The Balaban J connectivity index is 2.11. The van der Waals surface area contributed by atoms with Crippen molar-refractivity contribution in [1.29, 1.82) is 0 Å². The highest BCUT2D eigenvalue weighted by molar-refractivity contribution is 5.96. The van der Waals surface area contributed by atoms with Gasteiger partial charge >= 0.3 is 0 Å². The molecular formula is C16H24N2O2. The minimum atomic E-state index is -0.161. The van der Waals surface area contributed by atoms with Gasteiger partial charge in [-0.3, -0.25) is 4.79 Å². The fourth-order valence-electron chi connectivity index (χ4n) is 2.71. The van der Waals surface area contributed by atoms with Crippen LogP contribution < -0.4 is 15.4 Å². The molecule has 2 N–H and O–H groups in total. The molecule has 1 fully saturated rings. The largest absolute Gasteiger partial charge is 0.492 e. The number of carbonyl (C=O) groups is 1. The number of benzene rings is 1. The number of nitrogens with one attached hydrogen (secondary N) is 2. The fourth-order valence-corrected chi connectivity index (χ4v) is 2.71. The molecule has 4 heteroatoms. The van der Waals surface area contributed by atoms with Crippen LogP contribution in [0.3, 0.4) is 0 Å². The van der Waals surface area contributed by atoms with Crippen LogP contribution in [0.2, 0.25) is 0 Å². The molecule has 1 unspecified atom stereocenters. The molecule has 20 heavy (non-hydrogen) atoms. The molecule has 2 rings (SSSR count). The van der Waals surface area contributed by atoms with Crippen LogP contribution in [0.15, 0.2) is 24.3 Å². The molecule has 0 radical (unpaired) electrons. The van der Waals surface area contributed by atoms with E-state index in [9.17, 15) is 4.79 Å². The lowest BCUT2D eigenvalue weighted by Gasteiger charge is -2.38. The highest BCUT2D eigenvalue weighted by Crippen LogP contribution is 2.31. The Kier molecular flexibility index (Phi) is 4.65. The van der Waals surface area contributed by atoms with Gasteiger partial charge in [0.15, 0.2) is 0 Å². The molecule has 1 aromatic rings. The van der Waals surface area contributed by atoms with Gasteiger partial charge in [0.1, 0.15) is 5.75 Å². The van der Waals surface area contributed by atoms with Crippen molar-refractivity contribution in [2.24, 2.45) is 5.41 Å². The van der Waals surface area contributed by atoms with E-state index in [2.05, 4.69) is 24.5 Å². The standard InChI is InChI=1S/C16H24N2O2/c1-4-20-13-9-6-5-8-12(13)18-15(19)14-16(2,3)10-7-11-17-14/h5-6,8-9,14,17H,4,7,10-11H2,1-3H3,(H,18,19). The molecule has 0 aliphatic carbocycles. The third-order valence-corrected chi connectivity index (χ3v) is 3.83. The van der Waals surface area contributed by atoms with Gasteiger partial charge in [0.25, 0.3) is 0 Å². The molecule has 0 bridgehead atoms. The molecule has 4 nitrogen and oxygen atoms in total. The Morgan fingerprint density at radius 2 is 2.20 bits per heavy atom. The van der Waals surface area contributed by atoms with Crippen LogP contribution >= 0.6 is 0 Å². The summed E-state index contributed by atoms with van der Waals surface area (Å²) in [5.41, 5.74) is 0.714. The van der Waals surface area contributed by atoms with Crippen LogP contribution in [0.1, 0.15) is 33.6 Å². The van der Waals surface area contributed by atoms with E-state index in [1.54, 1.807) is 0 Å². The van der Waals surface area contributed by atoms with E-state index in [0.29, 0.717) is 6.61 Å². The molecule has 1 saturated heterocycles. The maximum Gasteiger partial charge on any atom is 0.242 e. The number of amides is 1. The van der Waals surface area contributed by atoms with Gasteiger partial charge < -0.3 is 15.4 Å². The van der Waals surface area contributed by atoms with Crippen molar-refractivity contribution in [3.05, 3.63) is 24.3 Å². The van der Waals surface area contributed by atoms with E-state index >= 15 is 0 Å². The summed E-state index contributed by atoms with van der Waals surface area (Å²) in [6.07, 6.45) is 2.18. The summed E-state index contributed by atoms with van der Waals surface area (Å²) < 4.78 is 5.54. The molecule has 0 aromatic heterocycles. The van der Waals surface area contributed by atoms with Gasteiger partial charge in [-0.15, -0.1) is 0 Å². The molecule has 1 heterocycles. The van der Waals surface area contributed by atoms with Gasteiger partial charge in [-0.2, -0.15) is 0 Å². The minimum absolute atomic E-state index is 0.0156. The molecular weight excluding hydrogens is 252 g/mol. The predicted octanol–water partition coefficient (Wildman–Crippen LogP) is 2.80. The van der Waals surface area contributed by atoms with E-state index in [4.69, 9.17) is 4.74 Å². The summed E-state index contributed by atoms with van der Waals surface area (Å²) in [4.78, 5) is 12.5. The third-order valence-electron chi connectivity index (χ3n) is 3.83. The first-order chi connectivity index (χ1) is 9.54. The van der Waals surface area contributed by atoms with Gasteiger partial charge in [-0.25, -0.2) is 0 Å². The molecule has 1 aliphatic rings. The Hall–Kier alpha value is -1.55. The highest BCUT2D eigenvalue weighted by Gasteiger charge is 2.37. The van der Waals surface area contributed by atoms with Gasteiger partial charge in [0, 0.05) is 0 Å². The zero-order valence-electron chi connectivity index (χ0n) is 12.5. The van der Waals surface area contributed by atoms with Crippen molar-refractivity contribution in [3.63, 3.8) is 0 Å². The molecule has 1 amide bonds. The quantitative estimate of drug-likeness (QED) is 0.889. The lowest BCUT2D eigenvalue weighted by molar-refractivity contribution is -0.121. The molecule has 1 aliphatic heterocycles. The van der Waals surface area contributed by atoms with E-state index in [0.717, 1.165) is 30.8 Å². The number of ether oxygens (including phenoxy) is 1. The fraction of sp³-hybridized carbons (Fsp3) is 0.562. The number of hydrogen-bond acceptors (Lipinski definition) is 3. The van der Waals surface area contributed by atoms with Gasteiger partial charge in [0.05, 0.1) is 18.3 Å². The highest BCUT2D eigenvalue weighted by atomic mass is 16.5. The summed E-state index contributed by atoms with van der Waals surface area (Å²) in [5.74, 6) is 0.735. The van der Waals surface area contributed by atoms with E-state index in [-0.39, 0.29) is 17.4 Å². The normalized spacial score (nSPS) is 21.2. The number of rotatable bonds is 4. The Morgan fingerprint density at radius 3 is 2.90 bits per heavy atom. The van der Waals surface area contributed by atoms with Crippen LogP contribution in [0.4, 0.5) is 5.69 Å². The SMILES string of the molecule is CCOc1ccccc1NC(=O)C1NCCCC1(C)C. The van der Waals surface area contributed by atoms with E-state index in [1.165, 1.54) is 0 Å². The van der Waals surface area contributed by atoms with Crippen molar-refractivity contribution in [1.82, 2.24) is 5.32 Å². The predicted molar refractivity (Wildman–Crippen MR) is 81.0 cm³/mol. The lowest BCUT2D eigenvalue weighted by Crippen LogP contribution is -2.53. The second-order valence-corrected chi connectivity index (χ2v) is 5.90. The van der Waals surface area contributed by atoms with Crippen molar-refractivity contribution in [2.75, 3.05) is 18.5 Å². The molecule has 0 saturated carbocycles. The average Bonchev–Trinajstić information content (AvgIpc) is 2.40. The Morgan fingerprint density at radius 1 is 1.45 bits per heavy atom. The van der Waals surface area contributed by atoms with Crippen molar-refractivity contribution in [2.45, 2.75) is 39.7 Å². The Bertz CT molecular complexity index is 471. The number of carbonyl (C=O) groups excluding carboxylic acids is 1. The van der Waals surface area contributed by atoms with Crippen molar-refractivity contribution < 1.29 is 9.53 Å². The number of piperidine rings is 1. The molecule has 0 spiro atoms. The van der Waals surface area contributed by atoms with Gasteiger partial charge in [0.2, 0.25) is 5.91 Å². The third kappa shape index (κ3) is 3.31. The summed E-state index contributed by atoms with van der Waals surface area (Å²) >= 11 is 0. The van der Waals surface area contributed by atoms with E-state index in [1.807, 2.05) is 31.2 Å². The van der Waals surface area contributed by atoms with Gasteiger partial charge in [-0.05, 0) is 43.9 Å². The number of para-hydroxylation sites is 2. The zero-order chi connectivity index (χ0) is 14.6. The van der Waals surface area contributed by atoms with Crippen LogP contribution in [-0.2, 0) is 4.79 Å². The Labute approximate surface area is 120 Å². The van der Waals surface area contributed by atoms with Crippen molar-refractivity contribution >= 4 is 11.6 Å². The topological polar surface area (TPSA) is 50.4 Å². The van der Waals surface area contributed by atoms with Crippen LogP contribution in [0, 0.1) is 5.41 Å². The summed E-state index contributed by atoms with van der Waals surface area (Å²) in [6, 6.07) is 7.39. The van der Waals surface area contributed by atoms with Gasteiger partial charge in [-0.1, -0.05) is 26.0 Å². The van der Waals surface area contributed by atoms with Crippen LogP contribution in [0.25, 0.3) is 0 Å². The molecule has 1 aromatic carbocycles. The summed E-state index contributed by atoms with van der Waals surface area (Å²) in [5, 5.41) is 6.32. The molecule has 110 valence electrons. The first-order valence-corrected chi connectivity index (χ1v) is 7.30. The van der Waals surface area contributed by atoms with Crippen LogP contribution in [-0.4, -0.2) is 25.1 Å². The monoisotopic (exact) mass is 276 g/mol. The average molecular weight is 276 g/mol. The maximum absolute atomic E-state index is 12.5. The minimum Gasteiger partial charge on any atom is -0.492 e. The smallest absolute Gasteiger partial charge is 0.242 e. The first kappa shape index (κ1) is 14.9. The second kappa shape index (κ2) is 6.27. The van der Waals surface area contributed by atoms with Crippen molar-refractivity contribution in [3.8, 4) is 5.75 Å². The molecule has 1 atom stereocenters. The van der Waals surface area contributed by atoms with Crippen LogP contribution in [0.5, 0.6) is 5.75 Å². The first-order valence-electron chi connectivity index (χ1n) is 7.30. The second-order valence-electron chi connectivity index (χ2n) is 5.90. The maximum atomic E-state index is 12.5. The van der Waals surface area contributed by atoms with E-state index < -0.39 is 0 Å². The summed E-state index contributed by atoms with van der Waals surface area (Å²) in [7, 11) is 0. The lowest BCUT2D eigenvalue weighted by atomic mass is 9.77.